The molecule has 1 aliphatic rings. The van der Waals surface area contributed by atoms with Crippen molar-refractivity contribution < 1.29 is 39.4 Å². The average Bonchev–Trinajstić information content (AvgIpc) is 3.30. The number of hydrogen-bond donors (Lipinski definition) is 4. The molecule has 1 aromatic heterocycles. The van der Waals surface area contributed by atoms with Gasteiger partial charge in [0, 0.05) is 12.0 Å². The largest absolute Gasteiger partial charge is 0.494 e. The second kappa shape index (κ2) is 12.1. The average molecular weight is 466 g/mol. The van der Waals surface area contributed by atoms with Gasteiger partial charge < -0.3 is 34.6 Å². The topological polar surface area (TPSA) is 156 Å². The van der Waals surface area contributed by atoms with Crippen LogP contribution in [0.15, 0.2) is 30.5 Å². The maximum Gasteiger partial charge on any atom is 0.305 e. The van der Waals surface area contributed by atoms with Gasteiger partial charge in [0.15, 0.2) is 6.23 Å². The van der Waals surface area contributed by atoms with Crippen molar-refractivity contribution in [1.82, 2.24) is 15.0 Å². The Bertz CT molecular complexity index is 890. The molecule has 5 atom stereocenters. The molecule has 2 heterocycles. The van der Waals surface area contributed by atoms with E-state index in [1.54, 1.807) is 19.2 Å². The maximum atomic E-state index is 11.3. The van der Waals surface area contributed by atoms with Crippen LogP contribution in [0, 0.1) is 0 Å². The molecule has 1 aromatic carbocycles. The monoisotopic (exact) mass is 465 g/mol. The van der Waals surface area contributed by atoms with E-state index in [0.29, 0.717) is 31.1 Å². The minimum absolute atomic E-state index is 0.178. The second-order valence-electron chi connectivity index (χ2n) is 7.80. The molecular formula is C22H31N3O8. The first-order valence-electron chi connectivity index (χ1n) is 11.1. The fraction of sp³-hybridized carbons (Fsp3) is 0.591. The van der Waals surface area contributed by atoms with Gasteiger partial charge >= 0.3 is 5.97 Å². The lowest BCUT2D eigenvalue weighted by Crippen LogP contribution is -2.56. The number of benzene rings is 1. The minimum atomic E-state index is -1.50. The van der Waals surface area contributed by atoms with Crippen molar-refractivity contribution in [3.05, 3.63) is 30.5 Å². The van der Waals surface area contributed by atoms with E-state index < -0.39 is 37.3 Å². The summed E-state index contributed by atoms with van der Waals surface area (Å²) in [5.74, 6) is 0.475. The Morgan fingerprint density at radius 1 is 1.15 bits per heavy atom. The number of nitrogens with zero attached hydrogens (tertiary/aromatic N) is 3. The van der Waals surface area contributed by atoms with Gasteiger partial charge in [0.05, 0.1) is 26.0 Å². The number of carbonyl (C=O) groups is 1. The lowest BCUT2D eigenvalue weighted by atomic mass is 9.98. The van der Waals surface area contributed by atoms with Crippen molar-refractivity contribution in [2.24, 2.45) is 0 Å². The van der Waals surface area contributed by atoms with Gasteiger partial charge in [-0.1, -0.05) is 17.3 Å². The molecule has 33 heavy (non-hydrogen) atoms. The van der Waals surface area contributed by atoms with Crippen LogP contribution in [0.4, 0.5) is 0 Å². The Hall–Kier alpha value is -2.57. The highest BCUT2D eigenvalue weighted by Gasteiger charge is 2.44. The molecule has 1 saturated heterocycles. The Morgan fingerprint density at radius 3 is 2.73 bits per heavy atom. The van der Waals surface area contributed by atoms with Crippen molar-refractivity contribution >= 4 is 5.97 Å². The number of carbonyl (C=O) groups excluding carboxylic acids is 1. The predicted octanol–water partition coefficient (Wildman–Crippen LogP) is 0.420. The molecule has 0 amide bonds. The minimum Gasteiger partial charge on any atom is -0.494 e. The number of aliphatic hydroxyl groups is 4. The molecule has 2 aromatic rings. The summed E-state index contributed by atoms with van der Waals surface area (Å²) in [6.45, 7) is 2.17. The zero-order chi connectivity index (χ0) is 23.8. The Balaban J connectivity index is 1.55. The summed E-state index contributed by atoms with van der Waals surface area (Å²) in [5, 5.41) is 47.6. The van der Waals surface area contributed by atoms with Crippen LogP contribution in [0.1, 0.15) is 38.8 Å². The smallest absolute Gasteiger partial charge is 0.305 e. The molecule has 11 heteroatoms. The lowest BCUT2D eigenvalue weighted by molar-refractivity contribution is -0.254. The number of hydrogen-bond acceptors (Lipinski definition) is 10. The highest BCUT2D eigenvalue weighted by molar-refractivity contribution is 5.69. The third-order valence-electron chi connectivity index (χ3n) is 5.37. The first-order valence-corrected chi connectivity index (χ1v) is 11.1. The van der Waals surface area contributed by atoms with E-state index in [0.717, 1.165) is 24.8 Å². The van der Waals surface area contributed by atoms with Gasteiger partial charge in [0.1, 0.15) is 35.9 Å². The second-order valence-corrected chi connectivity index (χ2v) is 7.80. The van der Waals surface area contributed by atoms with Crippen LogP contribution in [-0.2, 0) is 14.3 Å². The summed E-state index contributed by atoms with van der Waals surface area (Å²) in [6, 6.07) is 7.27. The van der Waals surface area contributed by atoms with Gasteiger partial charge in [0.2, 0.25) is 0 Å². The van der Waals surface area contributed by atoms with Crippen molar-refractivity contribution in [2.45, 2.75) is 63.3 Å². The Kier molecular flexibility index (Phi) is 9.15. The fourth-order valence-electron chi connectivity index (χ4n) is 3.55. The molecule has 1 aliphatic heterocycles. The molecule has 0 unspecified atom stereocenters. The van der Waals surface area contributed by atoms with Crippen molar-refractivity contribution in [1.29, 1.82) is 0 Å². The van der Waals surface area contributed by atoms with E-state index in [1.165, 1.54) is 4.68 Å². The van der Waals surface area contributed by atoms with E-state index in [-0.39, 0.29) is 5.97 Å². The molecule has 0 spiro atoms. The first kappa shape index (κ1) is 25.1. The van der Waals surface area contributed by atoms with E-state index in [2.05, 4.69) is 10.3 Å². The van der Waals surface area contributed by atoms with Crippen molar-refractivity contribution in [2.75, 3.05) is 19.8 Å². The van der Waals surface area contributed by atoms with Gasteiger partial charge in [-0.25, -0.2) is 4.68 Å². The van der Waals surface area contributed by atoms with E-state index in [1.807, 2.05) is 18.2 Å². The van der Waals surface area contributed by atoms with Crippen LogP contribution >= 0.6 is 0 Å². The number of esters is 1. The SMILES string of the molecule is CCOC(=O)CCCCCOc1cccc(-c2cn([C@H]3O[C@H](CO)[C@@H](O)[C@H](O)[C@@H]3O)nn2)c1. The summed E-state index contributed by atoms with van der Waals surface area (Å²) in [6.07, 6.45) is -2.17. The molecule has 4 N–H and O–H groups in total. The number of unbranched alkanes of at least 4 members (excludes halogenated alkanes) is 2. The summed E-state index contributed by atoms with van der Waals surface area (Å²) >= 11 is 0. The number of aromatic nitrogens is 3. The standard InChI is InChI=1S/C22H31N3O8/c1-2-31-18(27)9-4-3-5-10-32-15-8-6-7-14(11-15)16-12-25(24-23-16)22-21(30)20(29)19(28)17(13-26)33-22/h6-8,11-12,17,19-22,26,28-30H,2-5,9-10,13H2,1H3/t17-,19-,20+,21+,22+/m1/s1. The van der Waals surface area contributed by atoms with E-state index >= 15 is 0 Å². The van der Waals surface area contributed by atoms with Gasteiger partial charge in [-0.15, -0.1) is 5.10 Å². The Labute approximate surface area is 191 Å². The molecule has 3 rings (SSSR count). The van der Waals surface area contributed by atoms with Crippen molar-refractivity contribution in [3.8, 4) is 17.0 Å². The number of rotatable bonds is 11. The lowest BCUT2D eigenvalue weighted by Gasteiger charge is -2.39. The number of ether oxygens (including phenoxy) is 3. The third-order valence-corrected chi connectivity index (χ3v) is 5.37. The third kappa shape index (κ3) is 6.49. The van der Waals surface area contributed by atoms with Crippen molar-refractivity contribution in [3.63, 3.8) is 0 Å². The molecule has 11 nitrogen and oxygen atoms in total. The molecule has 0 bridgehead atoms. The molecule has 1 fully saturated rings. The van der Waals surface area contributed by atoms with Gasteiger partial charge in [-0.2, -0.15) is 0 Å². The van der Waals surface area contributed by atoms with Crippen LogP contribution in [0.2, 0.25) is 0 Å². The predicted molar refractivity (Wildman–Crippen MR) is 115 cm³/mol. The number of aliphatic hydroxyl groups excluding tert-OH is 4. The molecule has 0 saturated carbocycles. The quantitative estimate of drug-likeness (QED) is 0.271. The first-order chi connectivity index (χ1) is 15.9. The molecule has 0 aliphatic carbocycles. The van der Waals surface area contributed by atoms with Gasteiger partial charge in [-0.3, -0.25) is 4.79 Å². The van der Waals surface area contributed by atoms with Gasteiger partial charge in [0.25, 0.3) is 0 Å². The fourth-order valence-corrected chi connectivity index (χ4v) is 3.55. The molecular weight excluding hydrogens is 434 g/mol. The van der Waals surface area contributed by atoms with E-state index in [9.17, 15) is 25.2 Å². The normalized spacial score (nSPS) is 25.1. The summed E-state index contributed by atoms with van der Waals surface area (Å²) in [5.41, 5.74) is 1.22. The van der Waals surface area contributed by atoms with Gasteiger partial charge in [-0.05, 0) is 38.3 Å². The van der Waals surface area contributed by atoms with Crippen LogP contribution in [0.5, 0.6) is 5.75 Å². The zero-order valence-corrected chi connectivity index (χ0v) is 18.5. The van der Waals surface area contributed by atoms with Crippen LogP contribution in [0.3, 0.4) is 0 Å². The molecule has 182 valence electrons. The van der Waals surface area contributed by atoms with Crippen LogP contribution in [-0.4, -0.2) is 85.6 Å². The Morgan fingerprint density at radius 2 is 1.97 bits per heavy atom. The van der Waals surface area contributed by atoms with Crippen LogP contribution < -0.4 is 4.74 Å². The summed E-state index contributed by atoms with van der Waals surface area (Å²) < 4.78 is 17.4. The summed E-state index contributed by atoms with van der Waals surface area (Å²) in [7, 11) is 0. The highest BCUT2D eigenvalue weighted by atomic mass is 16.6. The maximum absolute atomic E-state index is 11.3. The molecule has 0 radical (unpaired) electrons. The highest BCUT2D eigenvalue weighted by Crippen LogP contribution is 2.29. The summed E-state index contributed by atoms with van der Waals surface area (Å²) in [4.78, 5) is 11.3. The van der Waals surface area contributed by atoms with Crippen LogP contribution in [0.25, 0.3) is 11.3 Å². The van der Waals surface area contributed by atoms with E-state index in [4.69, 9.17) is 14.2 Å². The zero-order valence-electron chi connectivity index (χ0n) is 18.5.